The highest BCUT2D eigenvalue weighted by molar-refractivity contribution is 5.82. The molecule has 2 amide bonds. The van der Waals surface area contributed by atoms with E-state index in [4.69, 9.17) is 9.84 Å². The predicted octanol–water partition coefficient (Wildman–Crippen LogP) is 2.77. The zero-order valence-electron chi connectivity index (χ0n) is 14.0. The summed E-state index contributed by atoms with van der Waals surface area (Å²) in [6.45, 7) is 5.91. The van der Waals surface area contributed by atoms with Crippen LogP contribution < -0.4 is 15.4 Å². The Balaban J connectivity index is 2.36. The van der Waals surface area contributed by atoms with Crippen molar-refractivity contribution in [3.8, 4) is 5.75 Å². The molecule has 1 aromatic rings. The number of carboxylic acids is 1. The summed E-state index contributed by atoms with van der Waals surface area (Å²) in [6.07, 6.45) is 2.49. The van der Waals surface area contributed by atoms with Crippen molar-refractivity contribution >= 4 is 12.0 Å². The molecule has 6 heteroatoms. The molecule has 0 heterocycles. The van der Waals surface area contributed by atoms with Crippen LogP contribution in [0, 0.1) is 5.92 Å². The molecule has 0 radical (unpaired) electrons. The van der Waals surface area contributed by atoms with Crippen LogP contribution in [-0.4, -0.2) is 29.9 Å². The van der Waals surface area contributed by atoms with Gasteiger partial charge in [0.15, 0.2) is 6.73 Å². The highest BCUT2D eigenvalue weighted by Gasteiger charge is 2.20. The maximum atomic E-state index is 11.7. The van der Waals surface area contributed by atoms with Gasteiger partial charge in [-0.1, -0.05) is 39.3 Å². The quantitative estimate of drug-likeness (QED) is 0.610. The van der Waals surface area contributed by atoms with Crippen molar-refractivity contribution in [3.63, 3.8) is 0 Å². The van der Waals surface area contributed by atoms with Gasteiger partial charge in [0.1, 0.15) is 11.8 Å². The minimum Gasteiger partial charge on any atom is -0.480 e. The van der Waals surface area contributed by atoms with Gasteiger partial charge in [-0.2, -0.15) is 0 Å². The third kappa shape index (κ3) is 7.54. The van der Waals surface area contributed by atoms with Gasteiger partial charge in [0, 0.05) is 0 Å². The van der Waals surface area contributed by atoms with Crippen LogP contribution in [0.5, 0.6) is 5.75 Å². The molecule has 0 bridgehead atoms. The van der Waals surface area contributed by atoms with Crippen molar-refractivity contribution in [1.29, 1.82) is 0 Å². The third-order valence-corrected chi connectivity index (χ3v) is 3.24. The number of hydrogen-bond acceptors (Lipinski definition) is 3. The number of carbonyl (C=O) groups is 2. The van der Waals surface area contributed by atoms with Crippen LogP contribution in [0.25, 0.3) is 0 Å². The SMILES string of the molecule is CCCc1ccc(OCNC(=O)NC(CC(C)C)C(=O)O)cc1. The summed E-state index contributed by atoms with van der Waals surface area (Å²) in [5.41, 5.74) is 1.24. The summed E-state index contributed by atoms with van der Waals surface area (Å²) in [6, 6.07) is 6.22. The van der Waals surface area contributed by atoms with Crippen LogP contribution in [0.3, 0.4) is 0 Å². The Bertz CT molecular complexity index is 500. The topological polar surface area (TPSA) is 87.7 Å². The first-order valence-corrected chi connectivity index (χ1v) is 7.91. The standard InChI is InChI=1S/C17H26N2O4/c1-4-5-13-6-8-14(9-7-13)23-11-18-17(22)19-15(16(20)21)10-12(2)3/h6-9,12,15H,4-5,10-11H2,1-3H3,(H,20,21)(H2,18,19,22). The van der Waals surface area contributed by atoms with E-state index in [2.05, 4.69) is 17.6 Å². The summed E-state index contributed by atoms with van der Waals surface area (Å²) in [5.74, 6) is -0.210. The lowest BCUT2D eigenvalue weighted by Crippen LogP contribution is -2.47. The van der Waals surface area contributed by atoms with Crippen LogP contribution in [0.1, 0.15) is 39.2 Å². The zero-order chi connectivity index (χ0) is 17.2. The third-order valence-electron chi connectivity index (χ3n) is 3.24. The molecular formula is C17H26N2O4. The molecule has 1 unspecified atom stereocenters. The molecule has 0 spiro atoms. The second-order valence-corrected chi connectivity index (χ2v) is 5.85. The number of rotatable bonds is 9. The number of aryl methyl sites for hydroxylation is 1. The molecule has 0 saturated heterocycles. The lowest BCUT2D eigenvalue weighted by atomic mass is 10.0. The first-order chi connectivity index (χ1) is 10.9. The number of ether oxygens (including phenoxy) is 1. The van der Waals surface area contributed by atoms with Crippen molar-refractivity contribution in [1.82, 2.24) is 10.6 Å². The number of nitrogens with one attached hydrogen (secondary N) is 2. The fourth-order valence-electron chi connectivity index (χ4n) is 2.13. The average molecular weight is 322 g/mol. The first-order valence-electron chi connectivity index (χ1n) is 7.91. The molecule has 3 N–H and O–H groups in total. The first kappa shape index (κ1) is 18.8. The lowest BCUT2D eigenvalue weighted by Gasteiger charge is -2.17. The van der Waals surface area contributed by atoms with Crippen molar-refractivity contribution < 1.29 is 19.4 Å². The van der Waals surface area contributed by atoms with Gasteiger partial charge in [-0.3, -0.25) is 0 Å². The predicted molar refractivity (Wildman–Crippen MR) is 88.5 cm³/mol. The molecule has 0 aliphatic rings. The number of carboxylic acid groups (broad SMARTS) is 1. The van der Waals surface area contributed by atoms with Crippen LogP contribution >= 0.6 is 0 Å². The molecular weight excluding hydrogens is 296 g/mol. The number of urea groups is 1. The fraction of sp³-hybridized carbons (Fsp3) is 0.529. The van der Waals surface area contributed by atoms with Crippen LogP contribution in [0.15, 0.2) is 24.3 Å². The summed E-state index contributed by atoms with van der Waals surface area (Å²) in [4.78, 5) is 22.8. The lowest BCUT2D eigenvalue weighted by molar-refractivity contribution is -0.139. The number of aliphatic carboxylic acids is 1. The van der Waals surface area contributed by atoms with Crippen LogP contribution in [-0.2, 0) is 11.2 Å². The van der Waals surface area contributed by atoms with Crippen molar-refractivity contribution in [3.05, 3.63) is 29.8 Å². The Morgan fingerprint density at radius 2 is 1.87 bits per heavy atom. The Morgan fingerprint density at radius 3 is 2.39 bits per heavy atom. The van der Waals surface area contributed by atoms with Gasteiger partial charge in [0.25, 0.3) is 0 Å². The Hall–Kier alpha value is -2.24. The maximum absolute atomic E-state index is 11.7. The number of amides is 2. The van der Waals surface area contributed by atoms with E-state index in [1.54, 1.807) is 0 Å². The largest absolute Gasteiger partial charge is 0.480 e. The monoisotopic (exact) mass is 322 g/mol. The normalized spacial score (nSPS) is 11.8. The highest BCUT2D eigenvalue weighted by atomic mass is 16.5. The van der Waals surface area contributed by atoms with E-state index in [0.29, 0.717) is 12.2 Å². The molecule has 1 atom stereocenters. The van der Waals surface area contributed by atoms with E-state index >= 15 is 0 Å². The smallest absolute Gasteiger partial charge is 0.326 e. The van der Waals surface area contributed by atoms with Gasteiger partial charge < -0.3 is 20.5 Å². The molecule has 0 saturated carbocycles. The van der Waals surface area contributed by atoms with Gasteiger partial charge in [0.05, 0.1) is 0 Å². The summed E-state index contributed by atoms with van der Waals surface area (Å²) in [5, 5.41) is 14.0. The summed E-state index contributed by atoms with van der Waals surface area (Å²) < 4.78 is 5.41. The molecule has 23 heavy (non-hydrogen) atoms. The number of hydrogen-bond donors (Lipinski definition) is 3. The van der Waals surface area contributed by atoms with Crippen LogP contribution in [0.2, 0.25) is 0 Å². The molecule has 1 aromatic carbocycles. The number of benzene rings is 1. The van der Waals surface area contributed by atoms with E-state index in [1.807, 2.05) is 38.1 Å². The number of carbonyl (C=O) groups excluding carboxylic acids is 1. The Labute approximate surface area is 137 Å². The van der Waals surface area contributed by atoms with Crippen LogP contribution in [0.4, 0.5) is 4.79 Å². The molecule has 1 rings (SSSR count). The molecule has 128 valence electrons. The zero-order valence-corrected chi connectivity index (χ0v) is 14.0. The van der Waals surface area contributed by atoms with Gasteiger partial charge in [-0.25, -0.2) is 9.59 Å². The van der Waals surface area contributed by atoms with Crippen molar-refractivity contribution in [2.75, 3.05) is 6.73 Å². The highest BCUT2D eigenvalue weighted by Crippen LogP contribution is 2.12. The van der Waals surface area contributed by atoms with Crippen molar-refractivity contribution in [2.45, 2.75) is 46.1 Å². The molecule has 0 aromatic heterocycles. The van der Waals surface area contributed by atoms with Crippen molar-refractivity contribution in [2.24, 2.45) is 5.92 Å². The minimum atomic E-state index is -1.04. The van der Waals surface area contributed by atoms with Gasteiger partial charge in [-0.15, -0.1) is 0 Å². The van der Waals surface area contributed by atoms with E-state index in [0.717, 1.165) is 12.8 Å². The second-order valence-electron chi connectivity index (χ2n) is 5.85. The van der Waals surface area contributed by atoms with E-state index in [9.17, 15) is 9.59 Å². The summed E-state index contributed by atoms with van der Waals surface area (Å²) >= 11 is 0. The Kier molecular flexibility index (Phi) is 7.94. The van der Waals surface area contributed by atoms with Gasteiger partial charge in [0.2, 0.25) is 0 Å². The maximum Gasteiger partial charge on any atom is 0.326 e. The summed E-state index contributed by atoms with van der Waals surface area (Å²) in [7, 11) is 0. The fourth-order valence-corrected chi connectivity index (χ4v) is 2.13. The Morgan fingerprint density at radius 1 is 1.22 bits per heavy atom. The van der Waals surface area contributed by atoms with Gasteiger partial charge in [-0.05, 0) is 36.5 Å². The second kappa shape index (κ2) is 9.71. The van der Waals surface area contributed by atoms with E-state index < -0.39 is 18.0 Å². The molecule has 0 aliphatic heterocycles. The van der Waals surface area contributed by atoms with E-state index in [-0.39, 0.29) is 12.6 Å². The molecule has 0 fully saturated rings. The van der Waals surface area contributed by atoms with E-state index in [1.165, 1.54) is 5.56 Å². The molecule has 6 nitrogen and oxygen atoms in total. The van der Waals surface area contributed by atoms with Gasteiger partial charge >= 0.3 is 12.0 Å². The minimum absolute atomic E-state index is 0.0209. The molecule has 0 aliphatic carbocycles. The average Bonchev–Trinajstić information content (AvgIpc) is 2.48.